The van der Waals surface area contributed by atoms with Gasteiger partial charge in [-0.2, -0.15) is 0 Å². The Hall–Kier alpha value is -4.36. The molecule has 0 radical (unpaired) electrons. The van der Waals surface area contributed by atoms with Crippen molar-refractivity contribution in [3.05, 3.63) is 122 Å². The minimum atomic E-state index is -0.681. The molecule has 4 aromatic carbocycles. The molecule has 6 nitrogen and oxygen atoms in total. The zero-order valence-electron chi connectivity index (χ0n) is 22.2. The second-order valence-corrected chi connectivity index (χ2v) is 10.6. The minimum absolute atomic E-state index is 0.126. The van der Waals surface area contributed by atoms with Crippen molar-refractivity contribution >= 4 is 44.2 Å². The van der Waals surface area contributed by atoms with E-state index >= 15 is 0 Å². The molecule has 6 rings (SSSR count). The highest BCUT2D eigenvalue weighted by Gasteiger charge is 2.43. The van der Waals surface area contributed by atoms with E-state index in [1.54, 1.807) is 7.11 Å². The molecular formula is C33H26BrNO5. The van der Waals surface area contributed by atoms with Crippen LogP contribution in [0.1, 0.15) is 39.9 Å². The van der Waals surface area contributed by atoms with E-state index in [2.05, 4.69) is 39.4 Å². The van der Waals surface area contributed by atoms with Gasteiger partial charge >= 0.3 is 5.97 Å². The first-order chi connectivity index (χ1) is 19.4. The number of benzene rings is 4. The Morgan fingerprint density at radius 3 is 2.42 bits per heavy atom. The molecule has 0 unspecified atom stereocenters. The molecule has 4 aromatic rings. The summed E-state index contributed by atoms with van der Waals surface area (Å²) in [5, 5.41) is 5.57. The molecular weight excluding hydrogens is 570 g/mol. The van der Waals surface area contributed by atoms with Crippen molar-refractivity contribution in [1.82, 2.24) is 5.32 Å². The highest BCUT2D eigenvalue weighted by molar-refractivity contribution is 9.10. The number of halogens is 1. The fraction of sp³-hybridized carbons (Fsp3) is 0.152. The Labute approximate surface area is 240 Å². The molecule has 1 aliphatic heterocycles. The zero-order valence-corrected chi connectivity index (χ0v) is 23.8. The van der Waals surface area contributed by atoms with E-state index in [4.69, 9.17) is 14.2 Å². The summed E-state index contributed by atoms with van der Waals surface area (Å²) in [5.74, 6) is -0.287. The fourth-order valence-electron chi connectivity index (χ4n) is 5.64. The average molecular weight is 596 g/mol. The first kappa shape index (κ1) is 25.9. The largest absolute Gasteiger partial charge is 0.493 e. The number of ether oxygens (including phenoxy) is 3. The molecule has 200 valence electrons. The van der Waals surface area contributed by atoms with Crippen LogP contribution in [-0.4, -0.2) is 26.0 Å². The Morgan fingerprint density at radius 2 is 1.65 bits per heavy atom. The molecule has 0 spiro atoms. The molecule has 0 amide bonds. The molecule has 2 aliphatic rings. The molecule has 0 saturated carbocycles. The molecule has 0 aromatic heterocycles. The predicted molar refractivity (Wildman–Crippen MR) is 157 cm³/mol. The molecule has 1 aliphatic carbocycles. The van der Waals surface area contributed by atoms with Crippen LogP contribution in [0.3, 0.4) is 0 Å². The highest BCUT2D eigenvalue weighted by Crippen LogP contribution is 2.50. The first-order valence-corrected chi connectivity index (χ1v) is 13.6. The standard InChI is InChI=1S/C33H26BrNO5/c1-18-28(33(37)39-3)29(30-31(35-18)22-13-6-7-14-23(22)32(30)36)24-15-26(38-2)27(16-25(24)34)40-17-20-11-8-10-19-9-4-5-12-21(19)20/h4-16,29,35H,17H2,1-3H3/t29-/m1/s1. The summed E-state index contributed by atoms with van der Waals surface area (Å²) in [5.41, 5.74) is 5.36. The summed E-state index contributed by atoms with van der Waals surface area (Å²) in [6, 6.07) is 25.4. The summed E-state index contributed by atoms with van der Waals surface area (Å²) < 4.78 is 17.9. The number of carbonyl (C=O) groups is 2. The van der Waals surface area contributed by atoms with Crippen LogP contribution in [0.5, 0.6) is 11.5 Å². The highest BCUT2D eigenvalue weighted by atomic mass is 79.9. The third-order valence-electron chi connectivity index (χ3n) is 7.51. The van der Waals surface area contributed by atoms with Crippen molar-refractivity contribution in [3.8, 4) is 11.5 Å². The van der Waals surface area contributed by atoms with Gasteiger partial charge in [0, 0.05) is 26.9 Å². The van der Waals surface area contributed by atoms with Gasteiger partial charge in [0.2, 0.25) is 0 Å². The van der Waals surface area contributed by atoms with E-state index in [9.17, 15) is 9.59 Å². The van der Waals surface area contributed by atoms with Gasteiger partial charge in [0.05, 0.1) is 31.4 Å². The van der Waals surface area contributed by atoms with Crippen LogP contribution in [0.15, 0.2) is 100 Å². The van der Waals surface area contributed by atoms with E-state index in [0.29, 0.717) is 56.2 Å². The quantitative estimate of drug-likeness (QED) is 0.244. The molecule has 0 fully saturated rings. The molecule has 40 heavy (non-hydrogen) atoms. The first-order valence-electron chi connectivity index (χ1n) is 12.8. The van der Waals surface area contributed by atoms with E-state index in [-0.39, 0.29) is 5.78 Å². The molecule has 0 saturated heterocycles. The zero-order chi connectivity index (χ0) is 28.0. The number of nitrogens with one attached hydrogen (secondary N) is 1. The van der Waals surface area contributed by atoms with E-state index in [0.717, 1.165) is 21.9 Å². The van der Waals surface area contributed by atoms with Crippen LogP contribution in [0.4, 0.5) is 0 Å². The van der Waals surface area contributed by atoms with Gasteiger partial charge in [-0.25, -0.2) is 4.79 Å². The van der Waals surface area contributed by atoms with Crippen molar-refractivity contribution in [2.75, 3.05) is 14.2 Å². The minimum Gasteiger partial charge on any atom is -0.493 e. The van der Waals surface area contributed by atoms with Crippen LogP contribution >= 0.6 is 15.9 Å². The van der Waals surface area contributed by atoms with E-state index < -0.39 is 11.9 Å². The van der Waals surface area contributed by atoms with Crippen LogP contribution in [0.25, 0.3) is 16.5 Å². The van der Waals surface area contributed by atoms with Crippen molar-refractivity contribution in [2.24, 2.45) is 0 Å². The summed E-state index contributed by atoms with van der Waals surface area (Å²) in [6.07, 6.45) is 0. The molecule has 1 atom stereocenters. The number of rotatable bonds is 6. The second kappa shape index (κ2) is 10.3. The average Bonchev–Trinajstić information content (AvgIpc) is 3.26. The fourth-order valence-corrected chi connectivity index (χ4v) is 6.19. The number of Topliss-reactive ketones (excluding diaryl/α,β-unsaturated/α-hetero) is 1. The Kier molecular flexibility index (Phi) is 6.68. The lowest BCUT2D eigenvalue weighted by Crippen LogP contribution is -2.29. The van der Waals surface area contributed by atoms with Gasteiger partial charge in [0.1, 0.15) is 6.61 Å². The lowest BCUT2D eigenvalue weighted by molar-refractivity contribution is -0.136. The summed E-state index contributed by atoms with van der Waals surface area (Å²) in [4.78, 5) is 26.8. The van der Waals surface area contributed by atoms with Crippen molar-refractivity contribution in [3.63, 3.8) is 0 Å². The van der Waals surface area contributed by atoms with Gasteiger partial charge in [0.15, 0.2) is 17.3 Å². The van der Waals surface area contributed by atoms with Gasteiger partial charge in [-0.15, -0.1) is 0 Å². The summed E-state index contributed by atoms with van der Waals surface area (Å²) >= 11 is 3.72. The van der Waals surface area contributed by atoms with Crippen LogP contribution in [0, 0.1) is 0 Å². The van der Waals surface area contributed by atoms with E-state index in [1.165, 1.54) is 7.11 Å². The molecule has 1 heterocycles. The number of hydrogen-bond donors (Lipinski definition) is 1. The van der Waals surface area contributed by atoms with Crippen molar-refractivity contribution in [1.29, 1.82) is 0 Å². The number of methoxy groups -OCH3 is 2. The maximum atomic E-state index is 13.7. The molecule has 1 N–H and O–H groups in total. The number of hydrogen-bond acceptors (Lipinski definition) is 6. The Morgan fingerprint density at radius 1 is 0.925 bits per heavy atom. The van der Waals surface area contributed by atoms with Gasteiger partial charge in [-0.1, -0.05) is 82.7 Å². The third kappa shape index (κ3) is 4.18. The summed E-state index contributed by atoms with van der Waals surface area (Å²) in [7, 11) is 2.92. The lowest BCUT2D eigenvalue weighted by atomic mass is 9.79. The third-order valence-corrected chi connectivity index (χ3v) is 8.20. The van der Waals surface area contributed by atoms with Gasteiger partial charge in [0.25, 0.3) is 0 Å². The van der Waals surface area contributed by atoms with Crippen LogP contribution < -0.4 is 14.8 Å². The van der Waals surface area contributed by atoms with Crippen LogP contribution in [-0.2, 0) is 16.1 Å². The number of fused-ring (bicyclic) bond motifs is 3. The maximum absolute atomic E-state index is 13.7. The molecule has 0 bridgehead atoms. The van der Waals surface area contributed by atoms with Gasteiger partial charge in [-0.05, 0) is 41.0 Å². The number of ketones is 1. The lowest BCUT2D eigenvalue weighted by Gasteiger charge is -2.30. The van der Waals surface area contributed by atoms with E-state index in [1.807, 2.05) is 67.6 Å². The number of carbonyl (C=O) groups excluding carboxylic acids is 2. The Balaban J connectivity index is 1.43. The SMILES string of the molecule is COC(=O)C1=C(C)NC2=C(C(=O)c3ccccc32)[C@@H]1c1cc(OC)c(OCc2cccc3ccccc23)cc1Br. The predicted octanol–water partition coefficient (Wildman–Crippen LogP) is 6.93. The van der Waals surface area contributed by atoms with Gasteiger partial charge in [-0.3, -0.25) is 4.79 Å². The number of allylic oxidation sites excluding steroid dienone is 2. The second-order valence-electron chi connectivity index (χ2n) is 9.70. The smallest absolute Gasteiger partial charge is 0.336 e. The number of dihydropyridines is 1. The van der Waals surface area contributed by atoms with Gasteiger partial charge < -0.3 is 19.5 Å². The normalized spacial score (nSPS) is 16.0. The van der Waals surface area contributed by atoms with Crippen LogP contribution in [0.2, 0.25) is 0 Å². The maximum Gasteiger partial charge on any atom is 0.336 e. The van der Waals surface area contributed by atoms with Crippen molar-refractivity contribution < 1.29 is 23.8 Å². The summed E-state index contributed by atoms with van der Waals surface area (Å²) in [6.45, 7) is 2.16. The topological polar surface area (TPSA) is 73.9 Å². The van der Waals surface area contributed by atoms with Crippen molar-refractivity contribution in [2.45, 2.75) is 19.4 Å². The Bertz CT molecular complexity index is 1760. The monoisotopic (exact) mass is 595 g/mol. The number of esters is 1. The molecule has 7 heteroatoms.